The van der Waals surface area contributed by atoms with Gasteiger partial charge in [-0.25, -0.2) is 4.79 Å². The lowest BCUT2D eigenvalue weighted by molar-refractivity contribution is 0.194. The average Bonchev–Trinajstić information content (AvgIpc) is 3.25. The maximum Gasteiger partial charge on any atom is 0.322 e. The molecule has 0 radical (unpaired) electrons. The second-order valence-electron chi connectivity index (χ2n) is 9.20. The minimum absolute atomic E-state index is 0.113. The molecular weight excluding hydrogens is 420 g/mol. The van der Waals surface area contributed by atoms with E-state index in [0.717, 1.165) is 39.4 Å². The number of hydrogen-bond acceptors (Lipinski definition) is 2. The minimum atomic E-state index is -0.232. The first-order valence-electron chi connectivity index (χ1n) is 11.6. The summed E-state index contributed by atoms with van der Waals surface area (Å²) in [7, 11) is 4.07. The molecule has 5 rings (SSSR count). The van der Waals surface area contributed by atoms with E-state index in [2.05, 4.69) is 88.6 Å². The van der Waals surface area contributed by atoms with Crippen molar-refractivity contribution < 1.29 is 4.79 Å². The first kappa shape index (κ1) is 21.8. The van der Waals surface area contributed by atoms with Crippen LogP contribution >= 0.6 is 0 Å². The van der Waals surface area contributed by atoms with Crippen LogP contribution in [-0.2, 0) is 6.54 Å². The van der Waals surface area contributed by atoms with Crippen LogP contribution in [0.4, 0.5) is 16.2 Å². The first-order chi connectivity index (χ1) is 16.4. The number of anilines is 2. The van der Waals surface area contributed by atoms with Crippen molar-refractivity contribution in [1.29, 1.82) is 0 Å². The number of nitrogens with one attached hydrogen (secondary N) is 1. The molecular formula is C29H30N4O. The Kier molecular flexibility index (Phi) is 5.62. The van der Waals surface area contributed by atoms with Crippen LogP contribution in [0, 0.1) is 13.8 Å². The van der Waals surface area contributed by atoms with Crippen LogP contribution in [0.3, 0.4) is 0 Å². The molecule has 1 aliphatic rings. The van der Waals surface area contributed by atoms with Crippen LogP contribution in [0.25, 0.3) is 5.69 Å². The summed E-state index contributed by atoms with van der Waals surface area (Å²) in [5.41, 5.74) is 8.57. The SMILES string of the molecule is Cc1ccc(NC(=O)N2Cc3ccccc3-n3cccc3[C@@H]2c2ccc(N(C)C)cc2)c(C)c1. The zero-order chi connectivity index (χ0) is 23.8. The summed E-state index contributed by atoms with van der Waals surface area (Å²) in [6, 6.07) is 26.7. The summed E-state index contributed by atoms with van der Waals surface area (Å²) in [5.74, 6) is 0. The summed E-state index contributed by atoms with van der Waals surface area (Å²) < 4.78 is 2.21. The Bertz CT molecular complexity index is 1340. The van der Waals surface area contributed by atoms with Crippen LogP contribution in [-0.4, -0.2) is 29.6 Å². The Morgan fingerprint density at radius 2 is 1.71 bits per heavy atom. The fourth-order valence-corrected chi connectivity index (χ4v) is 4.79. The third kappa shape index (κ3) is 3.94. The number of aromatic nitrogens is 1. The van der Waals surface area contributed by atoms with Crippen LogP contribution < -0.4 is 10.2 Å². The van der Waals surface area contributed by atoms with Crippen molar-refractivity contribution in [3.8, 4) is 5.69 Å². The van der Waals surface area contributed by atoms with Crippen molar-refractivity contribution in [2.75, 3.05) is 24.3 Å². The third-order valence-electron chi connectivity index (χ3n) is 6.57. The van der Waals surface area contributed by atoms with E-state index >= 15 is 0 Å². The fraction of sp³-hybridized carbons (Fsp3) is 0.207. The van der Waals surface area contributed by atoms with Gasteiger partial charge in [0.05, 0.1) is 18.3 Å². The third-order valence-corrected chi connectivity index (χ3v) is 6.57. The molecule has 1 atom stereocenters. The van der Waals surface area contributed by atoms with Crippen LogP contribution in [0.15, 0.2) is 85.1 Å². The quantitative estimate of drug-likeness (QED) is 0.398. The monoisotopic (exact) mass is 450 g/mol. The van der Waals surface area contributed by atoms with Gasteiger partial charge in [-0.2, -0.15) is 0 Å². The van der Waals surface area contributed by atoms with Crippen LogP contribution in [0.1, 0.15) is 34.0 Å². The van der Waals surface area contributed by atoms with E-state index in [9.17, 15) is 4.79 Å². The molecule has 0 saturated carbocycles. The summed E-state index contributed by atoms with van der Waals surface area (Å²) in [5, 5.41) is 3.19. The van der Waals surface area contributed by atoms with Gasteiger partial charge in [-0.1, -0.05) is 48.0 Å². The van der Waals surface area contributed by atoms with E-state index in [0.29, 0.717) is 6.54 Å². The maximum absolute atomic E-state index is 13.9. The molecule has 0 fully saturated rings. The Morgan fingerprint density at radius 3 is 2.44 bits per heavy atom. The van der Waals surface area contributed by atoms with Gasteiger partial charge in [-0.05, 0) is 66.9 Å². The molecule has 34 heavy (non-hydrogen) atoms. The zero-order valence-electron chi connectivity index (χ0n) is 20.1. The molecule has 1 aromatic heterocycles. The number of urea groups is 1. The molecule has 0 aliphatic carbocycles. The van der Waals surface area contributed by atoms with Gasteiger partial charge < -0.3 is 19.7 Å². The molecule has 3 aromatic carbocycles. The molecule has 172 valence electrons. The summed E-state index contributed by atoms with van der Waals surface area (Å²) in [6.07, 6.45) is 2.08. The normalized spacial score (nSPS) is 14.7. The van der Waals surface area contributed by atoms with E-state index < -0.39 is 0 Å². The lowest BCUT2D eigenvalue weighted by Crippen LogP contribution is -2.38. The minimum Gasteiger partial charge on any atom is -0.378 e. The van der Waals surface area contributed by atoms with Gasteiger partial charge in [0, 0.05) is 37.4 Å². The van der Waals surface area contributed by atoms with Gasteiger partial charge in [0.2, 0.25) is 0 Å². The van der Waals surface area contributed by atoms with Crippen molar-refractivity contribution in [3.63, 3.8) is 0 Å². The Hall–Kier alpha value is -3.99. The second-order valence-corrected chi connectivity index (χ2v) is 9.20. The Morgan fingerprint density at radius 1 is 0.941 bits per heavy atom. The van der Waals surface area contributed by atoms with E-state index in [1.54, 1.807) is 0 Å². The van der Waals surface area contributed by atoms with Gasteiger partial charge in [-0.15, -0.1) is 0 Å². The van der Waals surface area contributed by atoms with Crippen LogP contribution in [0.5, 0.6) is 0 Å². The molecule has 2 heterocycles. The predicted octanol–water partition coefficient (Wildman–Crippen LogP) is 6.30. The summed E-state index contributed by atoms with van der Waals surface area (Å²) >= 11 is 0. The fourth-order valence-electron chi connectivity index (χ4n) is 4.79. The molecule has 2 amide bonds. The van der Waals surface area contributed by atoms with Crippen molar-refractivity contribution in [2.24, 2.45) is 0 Å². The smallest absolute Gasteiger partial charge is 0.322 e. The highest BCUT2D eigenvalue weighted by Gasteiger charge is 2.33. The lowest BCUT2D eigenvalue weighted by atomic mass is 10.0. The van der Waals surface area contributed by atoms with Gasteiger partial charge >= 0.3 is 6.03 Å². The highest BCUT2D eigenvalue weighted by atomic mass is 16.2. The standard InChI is InChI=1S/C29H30N4O/c1-20-11-16-25(21(2)18-20)30-29(34)33-19-23-8-5-6-9-26(23)32-17-7-10-27(32)28(33)22-12-14-24(15-13-22)31(3)4/h5-18,28H,19H2,1-4H3,(H,30,34)/t28-/m0/s1. The van der Waals surface area contributed by atoms with E-state index in [1.165, 1.54) is 5.56 Å². The molecule has 1 aliphatic heterocycles. The highest BCUT2D eigenvalue weighted by Crippen LogP contribution is 2.37. The van der Waals surface area contributed by atoms with Gasteiger partial charge in [0.15, 0.2) is 0 Å². The van der Waals surface area contributed by atoms with Crippen molar-refractivity contribution >= 4 is 17.4 Å². The molecule has 0 bridgehead atoms. The average molecular weight is 451 g/mol. The molecule has 1 N–H and O–H groups in total. The lowest BCUT2D eigenvalue weighted by Gasteiger charge is -2.31. The number of nitrogens with zero attached hydrogens (tertiary/aromatic N) is 3. The predicted molar refractivity (Wildman–Crippen MR) is 139 cm³/mol. The Balaban J connectivity index is 1.61. The Labute approximate surface area is 201 Å². The van der Waals surface area contributed by atoms with Crippen LogP contribution in [0.2, 0.25) is 0 Å². The summed E-state index contributed by atoms with van der Waals surface area (Å²) in [6.45, 7) is 4.60. The molecule has 0 saturated heterocycles. The van der Waals surface area contributed by atoms with E-state index in [4.69, 9.17) is 0 Å². The molecule has 0 unspecified atom stereocenters. The topological polar surface area (TPSA) is 40.5 Å². The van der Waals surface area contributed by atoms with Gasteiger partial charge in [0.1, 0.15) is 0 Å². The van der Waals surface area contributed by atoms with E-state index in [1.807, 2.05) is 44.1 Å². The van der Waals surface area contributed by atoms with Crippen molar-refractivity contribution in [3.05, 3.63) is 113 Å². The first-order valence-corrected chi connectivity index (χ1v) is 11.6. The largest absolute Gasteiger partial charge is 0.378 e. The summed E-state index contributed by atoms with van der Waals surface area (Å²) in [4.78, 5) is 17.9. The van der Waals surface area contributed by atoms with Crippen molar-refractivity contribution in [2.45, 2.75) is 26.4 Å². The number of carbonyl (C=O) groups is 1. The number of carbonyl (C=O) groups excluding carboxylic acids is 1. The maximum atomic E-state index is 13.9. The number of aryl methyl sites for hydroxylation is 2. The second kappa shape index (κ2) is 8.75. The zero-order valence-corrected chi connectivity index (χ0v) is 20.1. The van der Waals surface area contributed by atoms with Crippen molar-refractivity contribution in [1.82, 2.24) is 9.47 Å². The van der Waals surface area contributed by atoms with E-state index in [-0.39, 0.29) is 12.1 Å². The molecule has 5 heteroatoms. The van der Waals surface area contributed by atoms with Gasteiger partial charge in [0.25, 0.3) is 0 Å². The molecule has 5 nitrogen and oxygen atoms in total. The number of hydrogen-bond donors (Lipinski definition) is 1. The van der Waals surface area contributed by atoms with Gasteiger partial charge in [-0.3, -0.25) is 0 Å². The highest BCUT2D eigenvalue weighted by molar-refractivity contribution is 5.91. The molecule has 0 spiro atoms. The molecule has 4 aromatic rings. The number of fused-ring (bicyclic) bond motifs is 3. The number of amides is 2. The number of benzene rings is 3. The number of para-hydroxylation sites is 1. The number of rotatable bonds is 3.